The fraction of sp³-hybridized carbons (Fsp3) is 0.160. The van der Waals surface area contributed by atoms with Crippen molar-refractivity contribution in [1.82, 2.24) is 9.13 Å². The maximum atomic E-state index is 12.5. The Morgan fingerprint density at radius 3 is 1.21 bits per heavy atom. The van der Waals surface area contributed by atoms with Crippen molar-refractivity contribution in [2.45, 2.75) is 34.1 Å². The molecule has 0 saturated carbocycles. The Morgan fingerprint density at radius 2 is 0.821 bits per heavy atom. The Kier molecular flexibility index (Phi) is 8.99. The molecule has 2 N–H and O–H groups in total. The van der Waals surface area contributed by atoms with Gasteiger partial charge >= 0.3 is 0 Å². The molecule has 2 aromatic heterocycles. The number of hydrogen-bond donors (Lipinski definition) is 2. The van der Waals surface area contributed by atoms with Crippen LogP contribution >= 0.6 is 0 Å². The molecule has 0 unspecified atom stereocenters. The lowest BCUT2D eigenvalue weighted by atomic mass is 9.91. The third kappa shape index (κ3) is 5.85. The summed E-state index contributed by atoms with van der Waals surface area (Å²) in [5.41, 5.74) is 11.2. The predicted molar refractivity (Wildman–Crippen MR) is 230 cm³/mol. The van der Waals surface area contributed by atoms with E-state index in [9.17, 15) is 10.2 Å². The molecule has 9 aromatic rings. The summed E-state index contributed by atoms with van der Waals surface area (Å²) < 4.78 is 16.8. The molecule has 56 heavy (non-hydrogen) atoms. The molecule has 0 saturated heterocycles. The predicted octanol–water partition coefficient (Wildman–Crippen LogP) is 12.4. The number of aromatic hydroxyl groups is 2. The first-order chi connectivity index (χ1) is 27.3. The molecule has 6 nitrogen and oxygen atoms in total. The highest BCUT2D eigenvalue weighted by Crippen LogP contribution is 2.49. The second-order valence-corrected chi connectivity index (χ2v) is 14.7. The van der Waals surface area contributed by atoms with Gasteiger partial charge in [-0.25, -0.2) is 0 Å². The Hall–Kier alpha value is -6.50. The highest BCUT2D eigenvalue weighted by atomic mass is 16.5. The van der Waals surface area contributed by atoms with E-state index in [1.807, 2.05) is 62.4 Å². The van der Waals surface area contributed by atoms with E-state index in [1.54, 1.807) is 0 Å². The van der Waals surface area contributed by atoms with Crippen molar-refractivity contribution in [1.29, 1.82) is 0 Å². The molecule has 7 aromatic carbocycles. The molecule has 2 heterocycles. The van der Waals surface area contributed by atoms with E-state index in [0.717, 1.165) is 71.4 Å². The van der Waals surface area contributed by atoms with Crippen molar-refractivity contribution in [3.63, 3.8) is 0 Å². The van der Waals surface area contributed by atoms with Crippen LogP contribution in [0.3, 0.4) is 0 Å². The van der Waals surface area contributed by atoms with Crippen LogP contribution in [0.5, 0.6) is 17.2 Å². The monoisotopic (exact) mass is 736 g/mol. The Morgan fingerprint density at radius 1 is 0.464 bits per heavy atom. The minimum atomic E-state index is 0.150. The Labute approximate surface area is 326 Å². The minimum absolute atomic E-state index is 0.150. The number of nitrogens with zero attached hydrogens (tertiary/aromatic N) is 2. The van der Waals surface area contributed by atoms with Gasteiger partial charge in [0.05, 0.1) is 40.0 Å². The first-order valence-electron chi connectivity index (χ1n) is 19.3. The summed E-state index contributed by atoms with van der Waals surface area (Å²) >= 11 is 0. The number of phenols is 2. The van der Waals surface area contributed by atoms with Crippen molar-refractivity contribution in [3.05, 3.63) is 150 Å². The van der Waals surface area contributed by atoms with Gasteiger partial charge in [0.2, 0.25) is 0 Å². The fourth-order valence-corrected chi connectivity index (χ4v) is 8.44. The highest BCUT2D eigenvalue weighted by molar-refractivity contribution is 6.11. The average molecular weight is 737 g/mol. The molecule has 0 aliphatic rings. The van der Waals surface area contributed by atoms with Gasteiger partial charge in [0.15, 0.2) is 0 Å². The van der Waals surface area contributed by atoms with E-state index in [2.05, 4.69) is 108 Å². The smallest absolute Gasteiger partial charge is 0.147 e. The summed E-state index contributed by atoms with van der Waals surface area (Å²) in [4.78, 5) is 0. The van der Waals surface area contributed by atoms with E-state index < -0.39 is 0 Å². The first-order valence-corrected chi connectivity index (χ1v) is 19.3. The molecule has 0 atom stereocenters. The summed E-state index contributed by atoms with van der Waals surface area (Å²) in [6.45, 7) is 9.74. The van der Waals surface area contributed by atoms with Crippen molar-refractivity contribution < 1.29 is 19.7 Å². The van der Waals surface area contributed by atoms with Crippen LogP contribution in [-0.2, 0) is 4.74 Å². The van der Waals surface area contributed by atoms with Crippen LogP contribution in [0.4, 0.5) is 0 Å². The number of aryl methyl sites for hydroxylation is 3. The van der Waals surface area contributed by atoms with Crippen molar-refractivity contribution in [2.75, 3.05) is 19.8 Å². The topological polar surface area (TPSA) is 68.8 Å². The molecule has 0 aliphatic heterocycles. The minimum Gasteiger partial charge on any atom is -0.505 e. The highest BCUT2D eigenvalue weighted by Gasteiger charge is 2.25. The van der Waals surface area contributed by atoms with Crippen LogP contribution in [0.2, 0.25) is 0 Å². The van der Waals surface area contributed by atoms with Crippen LogP contribution in [0, 0.1) is 20.8 Å². The van der Waals surface area contributed by atoms with Crippen LogP contribution in [-0.4, -0.2) is 39.2 Å². The Balaban J connectivity index is 1.29. The van der Waals surface area contributed by atoms with Gasteiger partial charge < -0.3 is 28.8 Å². The van der Waals surface area contributed by atoms with Crippen LogP contribution in [0.15, 0.2) is 133 Å². The molecule has 0 fully saturated rings. The normalized spacial score (nSPS) is 11.7. The Bertz CT molecular complexity index is 2650. The zero-order valence-electron chi connectivity index (χ0n) is 32.1. The van der Waals surface area contributed by atoms with E-state index in [0.29, 0.717) is 54.5 Å². The lowest BCUT2D eigenvalue weighted by molar-refractivity contribution is 0.131. The zero-order chi connectivity index (χ0) is 38.5. The zero-order valence-corrected chi connectivity index (χ0v) is 32.1. The number of benzene rings is 7. The summed E-state index contributed by atoms with van der Waals surface area (Å²) in [6.07, 6.45) is 0.680. The number of rotatable bonds is 10. The van der Waals surface area contributed by atoms with E-state index in [1.165, 1.54) is 0 Å². The number of para-hydroxylation sites is 4. The van der Waals surface area contributed by atoms with Crippen LogP contribution in [0.1, 0.15) is 30.0 Å². The number of ether oxygens (including phenoxy) is 2. The number of aromatic nitrogens is 2. The average Bonchev–Trinajstić information content (AvgIpc) is 3.72. The van der Waals surface area contributed by atoms with Crippen molar-refractivity contribution in [3.8, 4) is 50.9 Å². The number of fused-ring (bicyclic) bond motifs is 6. The largest absolute Gasteiger partial charge is 0.505 e. The summed E-state index contributed by atoms with van der Waals surface area (Å²) in [6, 6.07) is 45.6. The molecule has 6 heteroatoms. The third-order valence-electron chi connectivity index (χ3n) is 10.8. The van der Waals surface area contributed by atoms with Gasteiger partial charge in [-0.05, 0) is 105 Å². The maximum Gasteiger partial charge on any atom is 0.147 e. The second kappa shape index (κ2) is 14.3. The molecule has 278 valence electrons. The molecular formula is C50H44N2O4. The van der Waals surface area contributed by atoms with Gasteiger partial charge in [0.25, 0.3) is 0 Å². The number of phenolic OH excluding ortho intramolecular Hbond substituents is 2. The van der Waals surface area contributed by atoms with E-state index in [-0.39, 0.29) is 11.5 Å². The fourth-order valence-electron chi connectivity index (χ4n) is 8.44. The van der Waals surface area contributed by atoms with Crippen molar-refractivity contribution >= 4 is 43.6 Å². The van der Waals surface area contributed by atoms with Gasteiger partial charge in [-0.1, -0.05) is 72.8 Å². The lowest BCUT2D eigenvalue weighted by Gasteiger charge is -2.22. The summed E-state index contributed by atoms with van der Waals surface area (Å²) in [5.74, 6) is 0.893. The molecule has 0 amide bonds. The third-order valence-corrected chi connectivity index (χ3v) is 10.8. The molecule has 0 spiro atoms. The maximum absolute atomic E-state index is 12.5. The SMILES string of the molecule is CCOCCCOc1c(-c2cc(C)cc(-n3c4ccccc4c4ccccc43)c2O)cc(C)cc1-c1cc(C)cc(-n2c3ccccc3c3ccccc32)c1O. The van der Waals surface area contributed by atoms with Gasteiger partial charge in [-0.2, -0.15) is 0 Å². The van der Waals surface area contributed by atoms with Gasteiger partial charge in [-0.15, -0.1) is 0 Å². The van der Waals surface area contributed by atoms with E-state index >= 15 is 0 Å². The van der Waals surface area contributed by atoms with Gasteiger partial charge in [0, 0.05) is 63.4 Å². The summed E-state index contributed by atoms with van der Waals surface area (Å²) in [5, 5.41) is 29.5. The standard InChI is InChI=1S/C50H44N2O4/c1-5-55-23-14-24-56-50-40(38-25-32(3)29-46(48(38)53)51-42-19-10-6-15-34(42)35-16-7-11-20-43(35)51)27-31(2)28-41(50)39-26-33(4)30-47(49(39)54)52-44-21-12-8-17-36(44)37-18-9-13-22-45(37)52/h6-13,15-22,25-30,53-54H,5,14,23-24H2,1-4H3. The first kappa shape index (κ1) is 35.2. The second-order valence-electron chi connectivity index (χ2n) is 14.7. The molecule has 0 aliphatic carbocycles. The van der Waals surface area contributed by atoms with Gasteiger partial charge in [0.1, 0.15) is 17.2 Å². The number of hydrogen-bond acceptors (Lipinski definition) is 4. The molecule has 0 radical (unpaired) electrons. The molecule has 9 rings (SSSR count). The van der Waals surface area contributed by atoms with Crippen LogP contribution < -0.4 is 4.74 Å². The van der Waals surface area contributed by atoms with Gasteiger partial charge in [-0.3, -0.25) is 0 Å². The van der Waals surface area contributed by atoms with E-state index in [4.69, 9.17) is 9.47 Å². The van der Waals surface area contributed by atoms with Crippen LogP contribution in [0.25, 0.3) is 77.2 Å². The molecule has 0 bridgehead atoms. The summed E-state index contributed by atoms with van der Waals surface area (Å²) in [7, 11) is 0. The molecular weight excluding hydrogens is 693 g/mol. The van der Waals surface area contributed by atoms with Crippen molar-refractivity contribution in [2.24, 2.45) is 0 Å². The quantitative estimate of drug-likeness (QED) is 0.137. The lowest BCUT2D eigenvalue weighted by Crippen LogP contribution is -2.06.